The first-order chi connectivity index (χ1) is 7.67. The second-order valence-corrected chi connectivity index (χ2v) is 4.52. The van der Waals surface area contributed by atoms with Crippen LogP contribution in [0.5, 0.6) is 0 Å². The van der Waals surface area contributed by atoms with E-state index in [1.807, 2.05) is 17.8 Å². The monoisotopic (exact) mass is 226 g/mol. The lowest BCUT2D eigenvalue weighted by atomic mass is 9.80. The van der Waals surface area contributed by atoms with E-state index >= 15 is 0 Å². The van der Waals surface area contributed by atoms with Crippen molar-refractivity contribution in [2.24, 2.45) is 12.5 Å². The van der Waals surface area contributed by atoms with E-state index in [1.165, 1.54) is 0 Å². The van der Waals surface area contributed by atoms with E-state index in [1.54, 1.807) is 6.20 Å². The molecule has 0 aliphatic rings. The summed E-state index contributed by atoms with van der Waals surface area (Å²) in [5, 5.41) is 18.8. The van der Waals surface area contributed by atoms with Gasteiger partial charge in [0.25, 0.3) is 0 Å². The number of hydrogen-bond donors (Lipinski definition) is 2. The fourth-order valence-electron chi connectivity index (χ4n) is 2.04. The molecule has 0 unspecified atom stereocenters. The third kappa shape index (κ3) is 3.06. The molecule has 1 aromatic heterocycles. The van der Waals surface area contributed by atoms with Gasteiger partial charge in [-0.05, 0) is 12.8 Å². The summed E-state index contributed by atoms with van der Waals surface area (Å²) >= 11 is 0. The second-order valence-electron chi connectivity index (χ2n) is 4.52. The third-order valence-corrected chi connectivity index (χ3v) is 3.25. The van der Waals surface area contributed by atoms with Gasteiger partial charge < -0.3 is 14.8 Å². The summed E-state index contributed by atoms with van der Waals surface area (Å²) in [7, 11) is 1.96. The molecule has 0 saturated carbocycles. The van der Waals surface area contributed by atoms with Gasteiger partial charge in [0.2, 0.25) is 0 Å². The van der Waals surface area contributed by atoms with Crippen LogP contribution in [0, 0.1) is 5.41 Å². The van der Waals surface area contributed by atoms with Gasteiger partial charge in [-0.2, -0.15) is 0 Å². The van der Waals surface area contributed by atoms with Crippen LogP contribution < -0.4 is 0 Å². The Hall–Kier alpha value is -0.870. The van der Waals surface area contributed by atoms with Crippen LogP contribution in [0.1, 0.15) is 32.0 Å². The average molecular weight is 226 g/mol. The SMILES string of the molecule is CCCC(CO)(CO)CCc1nccn1C. The van der Waals surface area contributed by atoms with E-state index in [0.717, 1.165) is 31.5 Å². The first-order valence-electron chi connectivity index (χ1n) is 5.85. The molecule has 0 amide bonds. The minimum Gasteiger partial charge on any atom is -0.396 e. The van der Waals surface area contributed by atoms with Gasteiger partial charge in [0, 0.05) is 31.3 Å². The molecular formula is C12H22N2O2. The second kappa shape index (κ2) is 6.01. The molecule has 0 spiro atoms. The van der Waals surface area contributed by atoms with Crippen LogP contribution in [0.2, 0.25) is 0 Å². The third-order valence-electron chi connectivity index (χ3n) is 3.25. The van der Waals surface area contributed by atoms with Crippen molar-refractivity contribution in [3.05, 3.63) is 18.2 Å². The van der Waals surface area contributed by atoms with Crippen LogP contribution in [-0.2, 0) is 13.5 Å². The van der Waals surface area contributed by atoms with Gasteiger partial charge >= 0.3 is 0 Å². The molecule has 0 radical (unpaired) electrons. The van der Waals surface area contributed by atoms with Crippen molar-refractivity contribution >= 4 is 0 Å². The van der Waals surface area contributed by atoms with Crippen LogP contribution in [0.3, 0.4) is 0 Å². The van der Waals surface area contributed by atoms with Crippen molar-refractivity contribution in [3.63, 3.8) is 0 Å². The van der Waals surface area contributed by atoms with Crippen LogP contribution in [-0.4, -0.2) is 33.0 Å². The number of aryl methyl sites for hydroxylation is 2. The highest BCUT2D eigenvalue weighted by Crippen LogP contribution is 2.28. The Morgan fingerprint density at radius 3 is 2.44 bits per heavy atom. The van der Waals surface area contributed by atoms with Crippen molar-refractivity contribution in [2.75, 3.05) is 13.2 Å². The lowest BCUT2D eigenvalue weighted by Gasteiger charge is -2.29. The fraction of sp³-hybridized carbons (Fsp3) is 0.750. The van der Waals surface area contributed by atoms with E-state index in [2.05, 4.69) is 11.9 Å². The van der Waals surface area contributed by atoms with Gasteiger partial charge in [0.05, 0.1) is 13.2 Å². The molecule has 0 bridgehead atoms. The predicted molar refractivity (Wildman–Crippen MR) is 63.0 cm³/mol. The topological polar surface area (TPSA) is 58.3 Å². The van der Waals surface area contributed by atoms with Crippen molar-refractivity contribution in [1.29, 1.82) is 0 Å². The summed E-state index contributed by atoms with van der Waals surface area (Å²) in [6.07, 6.45) is 7.08. The molecular weight excluding hydrogens is 204 g/mol. The number of aliphatic hydroxyl groups is 2. The summed E-state index contributed by atoms with van der Waals surface area (Å²) < 4.78 is 1.98. The normalized spacial score (nSPS) is 12.0. The number of imidazole rings is 1. The maximum atomic E-state index is 9.42. The molecule has 4 heteroatoms. The average Bonchev–Trinajstić information content (AvgIpc) is 2.70. The first kappa shape index (κ1) is 13.2. The van der Waals surface area contributed by atoms with E-state index in [9.17, 15) is 10.2 Å². The molecule has 0 aliphatic carbocycles. The zero-order valence-corrected chi connectivity index (χ0v) is 10.2. The molecule has 92 valence electrons. The molecule has 4 nitrogen and oxygen atoms in total. The Morgan fingerprint density at radius 2 is 2.00 bits per heavy atom. The standard InChI is InChI=1S/C12H22N2O2/c1-3-5-12(9-15,10-16)6-4-11-13-7-8-14(11)2/h7-8,15-16H,3-6,9-10H2,1-2H3. The Kier molecular flexibility index (Phi) is 4.96. The van der Waals surface area contributed by atoms with E-state index in [4.69, 9.17) is 0 Å². The van der Waals surface area contributed by atoms with Crippen LogP contribution in [0.4, 0.5) is 0 Å². The van der Waals surface area contributed by atoms with Crippen molar-refractivity contribution in [2.45, 2.75) is 32.6 Å². The molecule has 1 aromatic rings. The minimum absolute atomic E-state index is 0.0434. The maximum absolute atomic E-state index is 9.42. The number of nitrogens with zero attached hydrogens (tertiary/aromatic N) is 2. The minimum atomic E-state index is -0.347. The maximum Gasteiger partial charge on any atom is 0.108 e. The molecule has 0 aliphatic heterocycles. The zero-order chi connectivity index (χ0) is 12.0. The molecule has 2 N–H and O–H groups in total. The smallest absolute Gasteiger partial charge is 0.108 e. The summed E-state index contributed by atoms with van der Waals surface area (Å²) in [6, 6.07) is 0. The summed E-state index contributed by atoms with van der Waals surface area (Å²) in [5.74, 6) is 1.00. The van der Waals surface area contributed by atoms with E-state index in [0.29, 0.717) is 0 Å². The zero-order valence-electron chi connectivity index (χ0n) is 10.2. The molecule has 1 heterocycles. The lowest BCUT2D eigenvalue weighted by Crippen LogP contribution is -2.30. The number of aromatic nitrogens is 2. The Bertz CT molecular complexity index is 306. The van der Waals surface area contributed by atoms with Gasteiger partial charge in [-0.1, -0.05) is 13.3 Å². The van der Waals surface area contributed by atoms with Gasteiger partial charge in [-0.3, -0.25) is 0 Å². The summed E-state index contributed by atoms with van der Waals surface area (Å²) in [6.45, 7) is 2.16. The highest BCUT2D eigenvalue weighted by atomic mass is 16.3. The number of rotatable bonds is 7. The highest BCUT2D eigenvalue weighted by molar-refractivity contribution is 4.93. The largest absolute Gasteiger partial charge is 0.396 e. The summed E-state index contributed by atoms with van der Waals surface area (Å²) in [5.41, 5.74) is -0.347. The van der Waals surface area contributed by atoms with Gasteiger partial charge in [0.1, 0.15) is 5.82 Å². The Morgan fingerprint density at radius 1 is 1.31 bits per heavy atom. The number of aliphatic hydroxyl groups excluding tert-OH is 2. The Labute approximate surface area is 96.9 Å². The fourth-order valence-corrected chi connectivity index (χ4v) is 2.04. The first-order valence-corrected chi connectivity index (χ1v) is 5.85. The molecule has 0 atom stereocenters. The molecule has 16 heavy (non-hydrogen) atoms. The van der Waals surface area contributed by atoms with Gasteiger partial charge in [0.15, 0.2) is 0 Å². The lowest BCUT2D eigenvalue weighted by molar-refractivity contribution is 0.0388. The van der Waals surface area contributed by atoms with Gasteiger partial charge in [-0.15, -0.1) is 0 Å². The van der Waals surface area contributed by atoms with Crippen LogP contribution >= 0.6 is 0 Å². The summed E-state index contributed by atoms with van der Waals surface area (Å²) in [4.78, 5) is 4.25. The van der Waals surface area contributed by atoms with Crippen molar-refractivity contribution in [1.82, 2.24) is 9.55 Å². The predicted octanol–water partition coefficient (Wildman–Crippen LogP) is 1.12. The van der Waals surface area contributed by atoms with Crippen molar-refractivity contribution < 1.29 is 10.2 Å². The van der Waals surface area contributed by atoms with Crippen molar-refractivity contribution in [3.8, 4) is 0 Å². The quantitative estimate of drug-likeness (QED) is 0.732. The van der Waals surface area contributed by atoms with Crippen LogP contribution in [0.15, 0.2) is 12.4 Å². The van der Waals surface area contributed by atoms with Crippen LogP contribution in [0.25, 0.3) is 0 Å². The number of hydrogen-bond acceptors (Lipinski definition) is 3. The molecule has 1 rings (SSSR count). The van der Waals surface area contributed by atoms with Gasteiger partial charge in [-0.25, -0.2) is 4.98 Å². The molecule has 0 aromatic carbocycles. The molecule has 0 saturated heterocycles. The van der Waals surface area contributed by atoms with E-state index in [-0.39, 0.29) is 18.6 Å². The molecule has 0 fully saturated rings. The van der Waals surface area contributed by atoms with E-state index < -0.39 is 0 Å². The highest BCUT2D eigenvalue weighted by Gasteiger charge is 2.27. The Balaban J connectivity index is 2.59.